The molecule has 1 unspecified atom stereocenters. The van der Waals surface area contributed by atoms with E-state index < -0.39 is 0 Å². The van der Waals surface area contributed by atoms with Gasteiger partial charge < -0.3 is 14.2 Å². The van der Waals surface area contributed by atoms with Gasteiger partial charge >= 0.3 is 0 Å². The molecule has 0 N–H and O–H groups in total. The van der Waals surface area contributed by atoms with Crippen LogP contribution in [0.25, 0.3) is 0 Å². The van der Waals surface area contributed by atoms with Gasteiger partial charge in [0.1, 0.15) is 0 Å². The number of benzene rings is 1. The minimum absolute atomic E-state index is 0.0244. The SMILES string of the molecule is C#Cc1ccc(CCOCCOC2CCCCO2)cc1. The van der Waals surface area contributed by atoms with Gasteiger partial charge in [-0.05, 0) is 43.4 Å². The van der Waals surface area contributed by atoms with Gasteiger partial charge in [-0.15, -0.1) is 6.42 Å². The van der Waals surface area contributed by atoms with Crippen molar-refractivity contribution in [2.24, 2.45) is 0 Å². The van der Waals surface area contributed by atoms with E-state index in [2.05, 4.69) is 5.92 Å². The van der Waals surface area contributed by atoms with Crippen molar-refractivity contribution in [3.05, 3.63) is 35.4 Å². The summed E-state index contributed by atoms with van der Waals surface area (Å²) in [7, 11) is 0. The maximum absolute atomic E-state index is 5.60. The zero-order chi connectivity index (χ0) is 14.0. The van der Waals surface area contributed by atoms with Gasteiger partial charge in [0.25, 0.3) is 0 Å². The van der Waals surface area contributed by atoms with Gasteiger partial charge in [0.2, 0.25) is 0 Å². The molecule has 1 atom stereocenters. The van der Waals surface area contributed by atoms with Crippen LogP contribution in [0, 0.1) is 12.3 Å². The van der Waals surface area contributed by atoms with Crippen LogP contribution in [-0.4, -0.2) is 32.7 Å². The Morgan fingerprint density at radius 2 is 2.00 bits per heavy atom. The fraction of sp³-hybridized carbons (Fsp3) is 0.529. The molecule has 108 valence electrons. The topological polar surface area (TPSA) is 27.7 Å². The molecule has 20 heavy (non-hydrogen) atoms. The Bertz CT molecular complexity index is 413. The van der Waals surface area contributed by atoms with E-state index in [-0.39, 0.29) is 6.29 Å². The van der Waals surface area contributed by atoms with Crippen molar-refractivity contribution < 1.29 is 14.2 Å². The van der Waals surface area contributed by atoms with E-state index in [0.717, 1.165) is 31.4 Å². The Hall–Kier alpha value is -1.34. The molecule has 0 aliphatic carbocycles. The van der Waals surface area contributed by atoms with E-state index >= 15 is 0 Å². The fourth-order valence-corrected chi connectivity index (χ4v) is 2.14. The van der Waals surface area contributed by atoms with Crippen molar-refractivity contribution in [3.63, 3.8) is 0 Å². The number of ether oxygens (including phenoxy) is 3. The summed E-state index contributed by atoms with van der Waals surface area (Å²) >= 11 is 0. The van der Waals surface area contributed by atoms with Crippen LogP contribution in [0.2, 0.25) is 0 Å². The Labute approximate surface area is 121 Å². The van der Waals surface area contributed by atoms with Crippen LogP contribution in [0.1, 0.15) is 30.4 Å². The van der Waals surface area contributed by atoms with E-state index in [9.17, 15) is 0 Å². The summed E-state index contributed by atoms with van der Waals surface area (Å²) in [5.41, 5.74) is 2.15. The largest absolute Gasteiger partial charge is 0.379 e. The van der Waals surface area contributed by atoms with Gasteiger partial charge in [-0.1, -0.05) is 18.1 Å². The molecule has 1 fully saturated rings. The highest BCUT2D eigenvalue weighted by Gasteiger charge is 2.13. The molecule has 0 bridgehead atoms. The first-order chi connectivity index (χ1) is 9.88. The van der Waals surface area contributed by atoms with Crippen LogP contribution in [0.4, 0.5) is 0 Å². The molecular formula is C17H22O3. The average Bonchev–Trinajstić information content (AvgIpc) is 2.52. The second-order valence-corrected chi connectivity index (χ2v) is 4.87. The van der Waals surface area contributed by atoms with Crippen molar-refractivity contribution in [2.45, 2.75) is 32.0 Å². The standard InChI is InChI=1S/C17H22O3/c1-2-15-6-8-16(9-7-15)10-12-18-13-14-20-17-5-3-4-11-19-17/h1,6-9,17H,3-5,10-14H2. The summed E-state index contributed by atoms with van der Waals surface area (Å²) in [4.78, 5) is 0. The van der Waals surface area contributed by atoms with E-state index in [1.54, 1.807) is 0 Å². The second kappa shape index (κ2) is 8.76. The normalized spacial score (nSPS) is 18.6. The lowest BCUT2D eigenvalue weighted by Crippen LogP contribution is -2.24. The summed E-state index contributed by atoms with van der Waals surface area (Å²) in [6.45, 7) is 2.73. The second-order valence-electron chi connectivity index (χ2n) is 4.87. The molecule has 3 nitrogen and oxygen atoms in total. The molecular weight excluding hydrogens is 252 g/mol. The third kappa shape index (κ3) is 5.34. The molecule has 1 aromatic rings. The first kappa shape index (κ1) is 15.1. The smallest absolute Gasteiger partial charge is 0.157 e. The number of rotatable bonds is 7. The van der Waals surface area contributed by atoms with Crippen molar-refractivity contribution in [1.82, 2.24) is 0 Å². The zero-order valence-corrected chi connectivity index (χ0v) is 11.8. The lowest BCUT2D eigenvalue weighted by atomic mass is 10.1. The van der Waals surface area contributed by atoms with E-state index in [4.69, 9.17) is 20.6 Å². The van der Waals surface area contributed by atoms with Crippen molar-refractivity contribution >= 4 is 0 Å². The predicted molar refractivity (Wildman–Crippen MR) is 78.4 cm³/mol. The van der Waals surface area contributed by atoms with E-state index in [0.29, 0.717) is 19.8 Å². The fourth-order valence-electron chi connectivity index (χ4n) is 2.14. The van der Waals surface area contributed by atoms with Gasteiger partial charge in [0.15, 0.2) is 6.29 Å². The molecule has 1 aliphatic rings. The first-order valence-corrected chi connectivity index (χ1v) is 7.25. The van der Waals surface area contributed by atoms with Gasteiger partial charge in [0, 0.05) is 12.2 Å². The number of hydrogen-bond donors (Lipinski definition) is 0. The van der Waals surface area contributed by atoms with Crippen LogP contribution < -0.4 is 0 Å². The Morgan fingerprint density at radius 1 is 1.15 bits per heavy atom. The lowest BCUT2D eigenvalue weighted by molar-refractivity contribution is -0.168. The minimum Gasteiger partial charge on any atom is -0.379 e. The Balaban J connectivity index is 1.51. The summed E-state index contributed by atoms with van der Waals surface area (Å²) in [5.74, 6) is 2.61. The summed E-state index contributed by atoms with van der Waals surface area (Å²) < 4.78 is 16.6. The van der Waals surface area contributed by atoms with Crippen LogP contribution in [0.3, 0.4) is 0 Å². The summed E-state index contributed by atoms with van der Waals surface area (Å²) in [6, 6.07) is 8.01. The summed E-state index contributed by atoms with van der Waals surface area (Å²) in [5, 5.41) is 0. The average molecular weight is 274 g/mol. The number of terminal acetylenes is 1. The van der Waals surface area contributed by atoms with Gasteiger partial charge in [0.05, 0.1) is 19.8 Å². The molecule has 0 aromatic heterocycles. The van der Waals surface area contributed by atoms with Crippen LogP contribution in [0.5, 0.6) is 0 Å². The predicted octanol–water partition coefficient (Wildman–Crippen LogP) is 2.77. The lowest BCUT2D eigenvalue weighted by Gasteiger charge is -2.22. The molecule has 2 rings (SSSR count). The Kier molecular flexibility index (Phi) is 6.59. The van der Waals surface area contributed by atoms with Gasteiger partial charge in [-0.25, -0.2) is 0 Å². The minimum atomic E-state index is -0.0244. The quantitative estimate of drug-likeness (QED) is 0.565. The van der Waals surface area contributed by atoms with Crippen molar-refractivity contribution in [1.29, 1.82) is 0 Å². The van der Waals surface area contributed by atoms with E-state index in [1.807, 2.05) is 24.3 Å². The highest BCUT2D eigenvalue weighted by Crippen LogP contribution is 2.13. The third-order valence-electron chi connectivity index (χ3n) is 3.32. The first-order valence-electron chi connectivity index (χ1n) is 7.25. The molecule has 1 saturated heterocycles. The Morgan fingerprint density at radius 3 is 2.70 bits per heavy atom. The molecule has 0 spiro atoms. The van der Waals surface area contributed by atoms with Gasteiger partial charge in [-0.2, -0.15) is 0 Å². The highest BCUT2D eigenvalue weighted by molar-refractivity contribution is 5.34. The molecule has 0 amide bonds. The third-order valence-corrected chi connectivity index (χ3v) is 3.32. The maximum atomic E-state index is 5.60. The van der Waals surface area contributed by atoms with Crippen molar-refractivity contribution in [2.75, 3.05) is 26.4 Å². The maximum Gasteiger partial charge on any atom is 0.157 e. The van der Waals surface area contributed by atoms with Crippen LogP contribution in [0.15, 0.2) is 24.3 Å². The van der Waals surface area contributed by atoms with Gasteiger partial charge in [-0.3, -0.25) is 0 Å². The monoisotopic (exact) mass is 274 g/mol. The molecule has 1 heterocycles. The van der Waals surface area contributed by atoms with Crippen molar-refractivity contribution in [3.8, 4) is 12.3 Å². The molecule has 1 aliphatic heterocycles. The van der Waals surface area contributed by atoms with E-state index in [1.165, 1.54) is 12.0 Å². The van der Waals surface area contributed by atoms with Crippen LogP contribution >= 0.6 is 0 Å². The molecule has 0 radical (unpaired) electrons. The zero-order valence-electron chi connectivity index (χ0n) is 11.8. The molecule has 1 aromatic carbocycles. The molecule has 0 saturated carbocycles. The van der Waals surface area contributed by atoms with Crippen LogP contribution in [-0.2, 0) is 20.6 Å². The summed E-state index contributed by atoms with van der Waals surface area (Å²) in [6.07, 6.45) is 9.53. The highest BCUT2D eigenvalue weighted by atomic mass is 16.7. The number of hydrogen-bond acceptors (Lipinski definition) is 3. The molecule has 3 heteroatoms.